The van der Waals surface area contributed by atoms with E-state index in [4.69, 9.17) is 28.4 Å². The van der Waals surface area contributed by atoms with Crippen molar-refractivity contribution < 1.29 is 41.9 Å². The van der Waals surface area contributed by atoms with Gasteiger partial charge in [-0.05, 0) is 67.1 Å². The fourth-order valence-corrected chi connectivity index (χ4v) is 6.60. The second-order valence-electron chi connectivity index (χ2n) is 10.2. The van der Waals surface area contributed by atoms with Gasteiger partial charge in [0.15, 0.2) is 32.8 Å². The van der Waals surface area contributed by atoms with Crippen LogP contribution in [0.15, 0.2) is 59.5 Å². The van der Waals surface area contributed by atoms with E-state index in [0.29, 0.717) is 54.4 Å². The number of sulfone groups is 1. The molecule has 1 N–H and O–H groups in total. The number of benzene rings is 3. The summed E-state index contributed by atoms with van der Waals surface area (Å²) >= 11 is 0. The van der Waals surface area contributed by atoms with Crippen LogP contribution in [0.4, 0.5) is 0 Å². The lowest BCUT2D eigenvalue weighted by Crippen LogP contribution is -2.19. The van der Waals surface area contributed by atoms with Gasteiger partial charge in [0.1, 0.15) is 11.5 Å². The van der Waals surface area contributed by atoms with Crippen molar-refractivity contribution in [3.63, 3.8) is 0 Å². The van der Waals surface area contributed by atoms with Crippen molar-refractivity contribution in [1.82, 2.24) is 0 Å². The summed E-state index contributed by atoms with van der Waals surface area (Å²) in [6, 6.07) is 16.7. The summed E-state index contributed by atoms with van der Waals surface area (Å²) in [5, 5.41) is 10.00. The number of hydrogen-bond acceptors (Lipinski definition) is 9. The van der Waals surface area contributed by atoms with Gasteiger partial charge in [0, 0.05) is 0 Å². The summed E-state index contributed by atoms with van der Waals surface area (Å²) in [4.78, 5) is -0.0164. The predicted molar refractivity (Wildman–Crippen MR) is 159 cm³/mol. The number of rotatable bonds is 14. The molecule has 10 heteroatoms. The lowest BCUT2D eigenvalue weighted by molar-refractivity contribution is 0.0434. The Hall–Kier alpha value is -3.47. The third kappa shape index (κ3) is 7.29. The minimum absolute atomic E-state index is 0.0164. The van der Waals surface area contributed by atoms with Crippen molar-refractivity contribution in [3.05, 3.63) is 71.3 Å². The maximum Gasteiger partial charge on any atom is 0.203 e. The smallest absolute Gasteiger partial charge is 0.203 e. The van der Waals surface area contributed by atoms with E-state index in [9.17, 15) is 13.5 Å². The molecule has 3 atom stereocenters. The van der Waals surface area contributed by atoms with Crippen molar-refractivity contribution in [3.8, 4) is 28.7 Å². The lowest BCUT2D eigenvalue weighted by atomic mass is 10.0. The Kier molecular flexibility index (Phi) is 10.6. The molecule has 0 bridgehead atoms. The van der Waals surface area contributed by atoms with E-state index >= 15 is 0 Å². The fraction of sp³-hybridized carbons (Fsp3) is 0.438. The summed E-state index contributed by atoms with van der Waals surface area (Å²) in [6.45, 7) is 3.92. The summed E-state index contributed by atoms with van der Waals surface area (Å²) in [6.07, 6.45) is 0.258. The molecular formula is C32H40O9S. The van der Waals surface area contributed by atoms with Crippen LogP contribution >= 0.6 is 0 Å². The molecule has 1 heterocycles. The topological polar surface area (TPSA) is 110 Å². The third-order valence-corrected chi connectivity index (χ3v) is 8.87. The Labute approximate surface area is 248 Å². The van der Waals surface area contributed by atoms with Crippen molar-refractivity contribution in [1.29, 1.82) is 0 Å². The third-order valence-electron chi connectivity index (χ3n) is 6.98. The molecule has 0 aliphatic carbocycles. The first-order valence-corrected chi connectivity index (χ1v) is 15.7. The second kappa shape index (κ2) is 14.1. The van der Waals surface area contributed by atoms with Crippen molar-refractivity contribution in [2.24, 2.45) is 0 Å². The highest BCUT2D eigenvalue weighted by atomic mass is 32.2. The Morgan fingerprint density at radius 2 is 1.45 bits per heavy atom. The highest BCUT2D eigenvalue weighted by Crippen LogP contribution is 2.48. The van der Waals surface area contributed by atoms with Gasteiger partial charge in [0.25, 0.3) is 0 Å². The molecule has 1 aliphatic rings. The molecule has 0 aromatic heterocycles. The monoisotopic (exact) mass is 600 g/mol. The number of aliphatic hydroxyl groups is 1. The molecule has 1 fully saturated rings. The van der Waals surface area contributed by atoms with Crippen molar-refractivity contribution in [2.75, 3.05) is 33.7 Å². The van der Waals surface area contributed by atoms with Crippen LogP contribution in [0.3, 0.4) is 0 Å². The van der Waals surface area contributed by atoms with Crippen LogP contribution in [-0.4, -0.2) is 53.3 Å². The standard InChI is InChI=1S/C32H40O9S/c1-6-14-39-32-29(40-19-22-10-8-7-9-11-22)17-24(18-30(32)42(34,35)20-21(2)33)26-13-12-25(41-26)23-15-27(36-3)31(38-5)28(16-23)37-4/h7-11,15-18,21,25-26,33H,6,12-14,19-20H2,1-5H3/t21-,25-,26-/m0/s1. The van der Waals surface area contributed by atoms with E-state index in [0.717, 1.165) is 11.1 Å². The SMILES string of the molecule is CCCOc1c(OCc2ccccc2)cc([C@@H]2CC[C@@H](c3cc(OC)c(OC)c(OC)c3)O2)cc1S(=O)(=O)C[C@H](C)O. The average molecular weight is 601 g/mol. The summed E-state index contributed by atoms with van der Waals surface area (Å²) in [7, 11) is 0.752. The number of hydrogen-bond donors (Lipinski definition) is 1. The Morgan fingerprint density at radius 1 is 0.857 bits per heavy atom. The van der Waals surface area contributed by atoms with Crippen LogP contribution in [-0.2, 0) is 21.2 Å². The molecule has 0 spiro atoms. The zero-order chi connectivity index (χ0) is 30.3. The molecule has 42 heavy (non-hydrogen) atoms. The van der Waals surface area contributed by atoms with Crippen LogP contribution in [0.25, 0.3) is 0 Å². The average Bonchev–Trinajstić information content (AvgIpc) is 3.48. The van der Waals surface area contributed by atoms with E-state index in [1.165, 1.54) is 6.92 Å². The molecule has 3 aromatic carbocycles. The van der Waals surface area contributed by atoms with Crippen LogP contribution < -0.4 is 23.7 Å². The Balaban J connectivity index is 1.73. The van der Waals surface area contributed by atoms with Gasteiger partial charge in [0.2, 0.25) is 5.75 Å². The van der Waals surface area contributed by atoms with Gasteiger partial charge >= 0.3 is 0 Å². The summed E-state index contributed by atoms with van der Waals surface area (Å²) < 4.78 is 62.3. The van der Waals surface area contributed by atoms with Gasteiger partial charge in [0.05, 0.1) is 52.0 Å². The minimum Gasteiger partial charge on any atom is -0.493 e. The molecule has 0 radical (unpaired) electrons. The molecular weight excluding hydrogens is 560 g/mol. The van der Waals surface area contributed by atoms with Crippen LogP contribution in [0.5, 0.6) is 28.7 Å². The quantitative estimate of drug-likeness (QED) is 0.244. The van der Waals surface area contributed by atoms with Crippen molar-refractivity contribution >= 4 is 9.84 Å². The first kappa shape index (κ1) is 31.5. The Bertz CT molecular complexity index is 1410. The zero-order valence-electron chi connectivity index (χ0n) is 24.8. The number of aliphatic hydroxyl groups excluding tert-OH is 1. The normalized spacial score (nSPS) is 17.5. The summed E-state index contributed by atoms with van der Waals surface area (Å²) in [5.41, 5.74) is 2.44. The van der Waals surface area contributed by atoms with Crippen LogP contribution in [0.2, 0.25) is 0 Å². The van der Waals surface area contributed by atoms with Gasteiger partial charge in [-0.3, -0.25) is 0 Å². The van der Waals surface area contributed by atoms with Gasteiger partial charge in [-0.1, -0.05) is 37.3 Å². The van der Waals surface area contributed by atoms with Gasteiger partial charge in [-0.15, -0.1) is 0 Å². The first-order chi connectivity index (χ1) is 20.2. The molecule has 228 valence electrons. The molecule has 1 saturated heterocycles. The van der Waals surface area contributed by atoms with Crippen LogP contribution in [0.1, 0.15) is 62.0 Å². The fourth-order valence-electron chi connectivity index (χ4n) is 5.02. The largest absolute Gasteiger partial charge is 0.493 e. The molecule has 0 amide bonds. The molecule has 3 aromatic rings. The number of ether oxygens (including phenoxy) is 6. The van der Waals surface area contributed by atoms with E-state index in [1.807, 2.05) is 49.4 Å². The first-order valence-electron chi connectivity index (χ1n) is 14.0. The van der Waals surface area contributed by atoms with E-state index < -0.39 is 27.8 Å². The van der Waals surface area contributed by atoms with E-state index in [-0.39, 0.29) is 23.4 Å². The van der Waals surface area contributed by atoms with Gasteiger partial charge in [-0.2, -0.15) is 0 Å². The number of methoxy groups -OCH3 is 3. The maximum atomic E-state index is 13.5. The molecule has 0 saturated carbocycles. The minimum atomic E-state index is -3.93. The van der Waals surface area contributed by atoms with E-state index in [1.54, 1.807) is 33.5 Å². The maximum absolute atomic E-state index is 13.5. The molecule has 0 unspecified atom stereocenters. The predicted octanol–water partition coefficient (Wildman–Crippen LogP) is 5.83. The van der Waals surface area contributed by atoms with Gasteiger partial charge < -0.3 is 33.5 Å². The van der Waals surface area contributed by atoms with Crippen LogP contribution in [0, 0.1) is 0 Å². The second-order valence-corrected chi connectivity index (χ2v) is 12.3. The highest BCUT2D eigenvalue weighted by Gasteiger charge is 2.33. The lowest BCUT2D eigenvalue weighted by Gasteiger charge is -2.21. The van der Waals surface area contributed by atoms with Gasteiger partial charge in [-0.25, -0.2) is 8.42 Å². The molecule has 1 aliphatic heterocycles. The van der Waals surface area contributed by atoms with E-state index in [2.05, 4.69) is 0 Å². The summed E-state index contributed by atoms with van der Waals surface area (Å²) in [5.74, 6) is 1.56. The molecule has 4 rings (SSSR count). The zero-order valence-corrected chi connectivity index (χ0v) is 25.6. The highest BCUT2D eigenvalue weighted by molar-refractivity contribution is 7.91. The van der Waals surface area contributed by atoms with Crippen molar-refractivity contribution in [2.45, 2.75) is 62.9 Å². The molecule has 9 nitrogen and oxygen atoms in total. The Morgan fingerprint density at radius 3 is 2.00 bits per heavy atom.